The summed E-state index contributed by atoms with van der Waals surface area (Å²) in [5, 5.41) is 10.9. The van der Waals surface area contributed by atoms with Gasteiger partial charge in [0, 0.05) is 22.1 Å². The van der Waals surface area contributed by atoms with Crippen LogP contribution >= 0.6 is 15.9 Å². The molecule has 0 aromatic heterocycles. The van der Waals surface area contributed by atoms with Gasteiger partial charge in [-0.1, -0.05) is 35.8 Å². The van der Waals surface area contributed by atoms with Crippen LogP contribution in [0.5, 0.6) is 0 Å². The molecule has 1 unspecified atom stereocenters. The molecule has 1 aromatic rings. The van der Waals surface area contributed by atoms with E-state index in [1.54, 1.807) is 12.1 Å². The lowest BCUT2D eigenvalue weighted by molar-refractivity contribution is -0.385. The van der Waals surface area contributed by atoms with Crippen LogP contribution in [0.3, 0.4) is 0 Å². The van der Waals surface area contributed by atoms with E-state index in [1.807, 2.05) is 6.07 Å². The molecular weight excluding hydrogens is 296 g/mol. The average molecular weight is 315 g/mol. The third kappa shape index (κ3) is 4.74. The molecule has 0 saturated carbocycles. The van der Waals surface area contributed by atoms with Crippen molar-refractivity contribution in [3.05, 3.63) is 38.3 Å². The van der Waals surface area contributed by atoms with Gasteiger partial charge in [0.2, 0.25) is 0 Å². The Morgan fingerprint density at radius 3 is 2.67 bits per heavy atom. The number of nitro benzene ring substituents is 1. The van der Waals surface area contributed by atoms with Crippen molar-refractivity contribution >= 4 is 21.6 Å². The van der Waals surface area contributed by atoms with Crippen molar-refractivity contribution in [2.75, 3.05) is 0 Å². The first-order chi connectivity index (χ1) is 8.40. The van der Waals surface area contributed by atoms with Crippen molar-refractivity contribution in [3.8, 4) is 0 Å². The first-order valence-corrected chi connectivity index (χ1v) is 6.88. The minimum absolute atomic E-state index is 0.105. The van der Waals surface area contributed by atoms with E-state index in [0.717, 1.165) is 22.9 Å². The summed E-state index contributed by atoms with van der Waals surface area (Å²) in [5.74, 6) is 0.555. The van der Waals surface area contributed by atoms with Crippen LogP contribution in [0.2, 0.25) is 0 Å². The summed E-state index contributed by atoms with van der Waals surface area (Å²) in [6, 6.07) is 5.28. The normalized spacial score (nSPS) is 12.7. The molecule has 0 aliphatic carbocycles. The van der Waals surface area contributed by atoms with Crippen molar-refractivity contribution in [2.24, 2.45) is 11.7 Å². The smallest absolute Gasteiger partial charge is 0.273 e. The molecule has 0 spiro atoms. The molecule has 0 fully saturated rings. The van der Waals surface area contributed by atoms with Crippen molar-refractivity contribution in [1.29, 1.82) is 0 Å². The molecule has 0 heterocycles. The Morgan fingerprint density at radius 2 is 2.11 bits per heavy atom. The highest BCUT2D eigenvalue weighted by molar-refractivity contribution is 9.10. The van der Waals surface area contributed by atoms with E-state index in [0.29, 0.717) is 12.3 Å². The van der Waals surface area contributed by atoms with E-state index in [4.69, 9.17) is 5.73 Å². The van der Waals surface area contributed by atoms with Crippen LogP contribution in [0, 0.1) is 16.0 Å². The first-order valence-electron chi connectivity index (χ1n) is 6.08. The predicted molar refractivity (Wildman–Crippen MR) is 76.5 cm³/mol. The van der Waals surface area contributed by atoms with Gasteiger partial charge in [-0.2, -0.15) is 0 Å². The van der Waals surface area contributed by atoms with E-state index < -0.39 is 0 Å². The SMILES string of the molecule is CC(C)CC(N)CCc1ccc(Br)cc1[N+](=O)[O-]. The number of hydrogen-bond donors (Lipinski definition) is 1. The molecule has 1 rings (SSSR count). The summed E-state index contributed by atoms with van der Waals surface area (Å²) in [6.45, 7) is 4.25. The van der Waals surface area contributed by atoms with Gasteiger partial charge >= 0.3 is 0 Å². The Bertz CT molecular complexity index is 421. The highest BCUT2D eigenvalue weighted by atomic mass is 79.9. The zero-order valence-electron chi connectivity index (χ0n) is 10.7. The van der Waals surface area contributed by atoms with E-state index in [1.165, 1.54) is 0 Å². The molecule has 1 atom stereocenters. The molecule has 5 heteroatoms. The number of aryl methyl sites for hydroxylation is 1. The van der Waals surface area contributed by atoms with Crippen LogP contribution in [-0.2, 0) is 6.42 Å². The second-order valence-corrected chi connectivity index (χ2v) is 5.87. The Hall–Kier alpha value is -0.940. The number of nitrogens with two attached hydrogens (primary N) is 1. The summed E-state index contributed by atoms with van der Waals surface area (Å²) in [4.78, 5) is 10.6. The number of rotatable bonds is 6. The molecule has 18 heavy (non-hydrogen) atoms. The minimum Gasteiger partial charge on any atom is -0.328 e. The van der Waals surface area contributed by atoms with E-state index in [2.05, 4.69) is 29.8 Å². The second-order valence-electron chi connectivity index (χ2n) is 4.96. The summed E-state index contributed by atoms with van der Waals surface area (Å²) >= 11 is 3.25. The van der Waals surface area contributed by atoms with Crippen LogP contribution in [0.15, 0.2) is 22.7 Å². The highest BCUT2D eigenvalue weighted by Crippen LogP contribution is 2.25. The Balaban J connectivity index is 2.70. The van der Waals surface area contributed by atoms with Gasteiger partial charge in [0.15, 0.2) is 0 Å². The maximum atomic E-state index is 10.9. The van der Waals surface area contributed by atoms with Gasteiger partial charge in [0.25, 0.3) is 5.69 Å². The molecule has 100 valence electrons. The molecule has 0 saturated heterocycles. The molecule has 0 aliphatic rings. The van der Waals surface area contributed by atoms with Gasteiger partial charge in [0.05, 0.1) is 4.92 Å². The Morgan fingerprint density at radius 1 is 1.44 bits per heavy atom. The fraction of sp³-hybridized carbons (Fsp3) is 0.538. The van der Waals surface area contributed by atoms with Crippen molar-refractivity contribution < 1.29 is 4.92 Å². The minimum atomic E-state index is -0.339. The van der Waals surface area contributed by atoms with Crippen molar-refractivity contribution in [1.82, 2.24) is 0 Å². The predicted octanol–water partition coefficient (Wildman–Crippen LogP) is 3.66. The van der Waals surface area contributed by atoms with Gasteiger partial charge in [-0.3, -0.25) is 10.1 Å². The summed E-state index contributed by atoms with van der Waals surface area (Å²) in [5.41, 5.74) is 6.92. The molecular formula is C13H19BrN2O2. The largest absolute Gasteiger partial charge is 0.328 e. The maximum Gasteiger partial charge on any atom is 0.273 e. The molecule has 0 bridgehead atoms. The quantitative estimate of drug-likeness (QED) is 0.643. The molecule has 1 aromatic carbocycles. The van der Waals surface area contributed by atoms with Gasteiger partial charge in [0.1, 0.15) is 0 Å². The zero-order valence-corrected chi connectivity index (χ0v) is 12.3. The molecule has 0 aliphatic heterocycles. The lowest BCUT2D eigenvalue weighted by Gasteiger charge is -2.13. The number of nitrogens with zero attached hydrogens (tertiary/aromatic N) is 1. The van der Waals surface area contributed by atoms with Crippen LogP contribution in [0.25, 0.3) is 0 Å². The summed E-state index contributed by atoms with van der Waals surface area (Å²) in [7, 11) is 0. The summed E-state index contributed by atoms with van der Waals surface area (Å²) < 4.78 is 0.726. The lowest BCUT2D eigenvalue weighted by atomic mass is 9.97. The standard InChI is InChI=1S/C13H19BrN2O2/c1-9(2)7-12(15)6-4-10-3-5-11(14)8-13(10)16(17)18/h3,5,8-9,12H,4,6-7,15H2,1-2H3. The Labute approximate surface area is 116 Å². The van der Waals surface area contributed by atoms with E-state index in [9.17, 15) is 10.1 Å². The number of hydrogen-bond acceptors (Lipinski definition) is 3. The van der Waals surface area contributed by atoms with Gasteiger partial charge in [-0.15, -0.1) is 0 Å². The molecule has 4 nitrogen and oxygen atoms in total. The molecule has 2 N–H and O–H groups in total. The van der Waals surface area contributed by atoms with E-state index in [-0.39, 0.29) is 16.7 Å². The Kier molecular flexibility index (Phi) is 5.75. The monoisotopic (exact) mass is 314 g/mol. The van der Waals surface area contributed by atoms with Crippen LogP contribution in [0.1, 0.15) is 32.3 Å². The van der Waals surface area contributed by atoms with E-state index >= 15 is 0 Å². The van der Waals surface area contributed by atoms with Gasteiger partial charge in [-0.25, -0.2) is 0 Å². The van der Waals surface area contributed by atoms with Crippen molar-refractivity contribution in [2.45, 2.75) is 39.2 Å². The maximum absolute atomic E-state index is 10.9. The molecule has 0 radical (unpaired) electrons. The van der Waals surface area contributed by atoms with Crippen LogP contribution in [0.4, 0.5) is 5.69 Å². The topological polar surface area (TPSA) is 69.2 Å². The number of halogens is 1. The number of nitro groups is 1. The lowest BCUT2D eigenvalue weighted by Crippen LogP contribution is -2.22. The fourth-order valence-electron chi connectivity index (χ4n) is 1.98. The van der Waals surface area contributed by atoms with Gasteiger partial charge < -0.3 is 5.73 Å². The third-order valence-electron chi connectivity index (χ3n) is 2.80. The van der Waals surface area contributed by atoms with Gasteiger partial charge in [-0.05, 0) is 31.2 Å². The third-order valence-corrected chi connectivity index (χ3v) is 3.30. The van der Waals surface area contributed by atoms with Crippen LogP contribution in [-0.4, -0.2) is 11.0 Å². The fourth-order valence-corrected chi connectivity index (χ4v) is 2.33. The van der Waals surface area contributed by atoms with Crippen LogP contribution < -0.4 is 5.73 Å². The van der Waals surface area contributed by atoms with Crippen molar-refractivity contribution in [3.63, 3.8) is 0 Å². The number of benzene rings is 1. The first kappa shape index (κ1) is 15.1. The average Bonchev–Trinajstić information content (AvgIpc) is 2.26. The zero-order chi connectivity index (χ0) is 13.7. The second kappa shape index (κ2) is 6.85. The summed E-state index contributed by atoms with van der Waals surface area (Å²) in [6.07, 6.45) is 2.38. The molecule has 0 amide bonds. The highest BCUT2D eigenvalue weighted by Gasteiger charge is 2.15.